The molecule has 1 amide bonds. The van der Waals surface area contributed by atoms with Gasteiger partial charge in [-0.15, -0.1) is 10.2 Å². The van der Waals surface area contributed by atoms with Crippen LogP contribution < -0.4 is 10.2 Å². The van der Waals surface area contributed by atoms with Crippen LogP contribution in [0.4, 0.5) is 11.5 Å². The molecule has 0 spiro atoms. The van der Waals surface area contributed by atoms with Crippen LogP contribution in [0.25, 0.3) is 0 Å². The van der Waals surface area contributed by atoms with Gasteiger partial charge in [-0.3, -0.25) is 4.79 Å². The zero-order valence-corrected chi connectivity index (χ0v) is 11.6. The van der Waals surface area contributed by atoms with Gasteiger partial charge < -0.3 is 10.2 Å². The number of carbonyl (C=O) groups is 1. The first-order chi connectivity index (χ1) is 10.3. The zero-order chi connectivity index (χ0) is 14.2. The van der Waals surface area contributed by atoms with E-state index in [2.05, 4.69) is 21.6 Å². The maximum atomic E-state index is 12.6. The van der Waals surface area contributed by atoms with Gasteiger partial charge in [0.25, 0.3) is 5.91 Å². The van der Waals surface area contributed by atoms with Crippen molar-refractivity contribution in [1.29, 1.82) is 0 Å². The predicted octanol–water partition coefficient (Wildman–Crippen LogP) is 2.25. The van der Waals surface area contributed by atoms with Crippen molar-refractivity contribution in [3.63, 3.8) is 0 Å². The van der Waals surface area contributed by atoms with Crippen LogP contribution in [0.2, 0.25) is 0 Å². The molecule has 1 aliphatic carbocycles. The molecule has 0 bridgehead atoms. The molecular formula is C16H16N4O. The van der Waals surface area contributed by atoms with E-state index in [1.54, 1.807) is 11.0 Å². The molecule has 0 radical (unpaired) electrons. The second-order valence-electron chi connectivity index (χ2n) is 5.56. The average molecular weight is 280 g/mol. The summed E-state index contributed by atoms with van der Waals surface area (Å²) in [6, 6.07) is 12.1. The molecule has 1 aromatic carbocycles. The highest BCUT2D eigenvalue weighted by atomic mass is 16.2. The smallest absolute Gasteiger partial charge is 0.278 e. The van der Waals surface area contributed by atoms with Gasteiger partial charge in [0.2, 0.25) is 0 Å². The van der Waals surface area contributed by atoms with Crippen LogP contribution in [0, 0.1) is 0 Å². The van der Waals surface area contributed by atoms with Gasteiger partial charge in [0.15, 0.2) is 5.69 Å². The lowest BCUT2D eigenvalue weighted by Crippen LogP contribution is -2.29. The van der Waals surface area contributed by atoms with Gasteiger partial charge in [0.05, 0.1) is 0 Å². The number of carbonyl (C=O) groups excluding carboxylic acids is 1. The van der Waals surface area contributed by atoms with Crippen LogP contribution >= 0.6 is 0 Å². The van der Waals surface area contributed by atoms with E-state index in [4.69, 9.17) is 0 Å². The van der Waals surface area contributed by atoms with E-state index in [1.807, 2.05) is 24.3 Å². The molecule has 1 N–H and O–H groups in total. The molecule has 1 aromatic heterocycles. The fourth-order valence-corrected chi connectivity index (χ4v) is 2.65. The van der Waals surface area contributed by atoms with Gasteiger partial charge >= 0.3 is 0 Å². The number of hydrogen-bond donors (Lipinski definition) is 1. The first-order valence-electron chi connectivity index (χ1n) is 7.31. The third kappa shape index (κ3) is 2.35. The van der Waals surface area contributed by atoms with Crippen molar-refractivity contribution in [3.05, 3.63) is 47.7 Å². The highest BCUT2D eigenvalue weighted by molar-refractivity contribution is 6.06. The molecule has 4 rings (SSSR count). The number of hydrogen-bond acceptors (Lipinski definition) is 4. The summed E-state index contributed by atoms with van der Waals surface area (Å²) in [6.45, 7) is 0.710. The first-order valence-corrected chi connectivity index (χ1v) is 7.31. The Balaban J connectivity index is 1.54. The molecule has 5 heteroatoms. The van der Waals surface area contributed by atoms with E-state index in [0.717, 1.165) is 17.9 Å². The number of nitrogens with one attached hydrogen (secondary N) is 1. The predicted molar refractivity (Wildman–Crippen MR) is 80.5 cm³/mol. The van der Waals surface area contributed by atoms with Gasteiger partial charge in [-0.25, -0.2) is 0 Å². The van der Waals surface area contributed by atoms with Gasteiger partial charge in [-0.1, -0.05) is 18.2 Å². The Morgan fingerprint density at radius 2 is 2.00 bits per heavy atom. The minimum absolute atomic E-state index is 0.0783. The van der Waals surface area contributed by atoms with E-state index < -0.39 is 0 Å². The highest BCUT2D eigenvalue weighted by Crippen LogP contribution is 2.28. The summed E-state index contributed by atoms with van der Waals surface area (Å²) in [5.41, 5.74) is 2.60. The van der Waals surface area contributed by atoms with Crippen molar-refractivity contribution in [2.45, 2.75) is 25.3 Å². The second kappa shape index (κ2) is 4.84. The summed E-state index contributed by atoms with van der Waals surface area (Å²) in [5, 5.41) is 11.4. The van der Waals surface area contributed by atoms with E-state index in [9.17, 15) is 4.79 Å². The van der Waals surface area contributed by atoms with Crippen molar-refractivity contribution in [3.8, 4) is 0 Å². The Morgan fingerprint density at radius 1 is 1.14 bits per heavy atom. The molecule has 2 aliphatic rings. The van der Waals surface area contributed by atoms with Crippen molar-refractivity contribution < 1.29 is 4.79 Å². The molecule has 1 aliphatic heterocycles. The summed E-state index contributed by atoms with van der Waals surface area (Å²) in [5.74, 6) is 0.668. The average Bonchev–Trinajstić information content (AvgIpc) is 3.23. The lowest BCUT2D eigenvalue weighted by molar-refractivity contribution is 0.0983. The van der Waals surface area contributed by atoms with E-state index in [0.29, 0.717) is 18.3 Å². The number of amides is 1. The number of benzene rings is 1. The number of fused-ring (bicyclic) bond motifs is 1. The summed E-state index contributed by atoms with van der Waals surface area (Å²) in [7, 11) is 0. The largest absolute Gasteiger partial charge is 0.366 e. The molecule has 0 atom stereocenters. The fourth-order valence-electron chi connectivity index (χ4n) is 2.65. The monoisotopic (exact) mass is 280 g/mol. The molecular weight excluding hydrogens is 264 g/mol. The minimum Gasteiger partial charge on any atom is -0.366 e. The summed E-state index contributed by atoms with van der Waals surface area (Å²) < 4.78 is 0. The number of anilines is 2. The molecule has 5 nitrogen and oxygen atoms in total. The lowest BCUT2D eigenvalue weighted by atomic mass is 10.2. The van der Waals surface area contributed by atoms with Crippen LogP contribution in [0.3, 0.4) is 0 Å². The minimum atomic E-state index is -0.0783. The number of rotatable bonds is 3. The standard InChI is InChI=1S/C16H16N4O/c21-16(20-10-9-11-3-1-2-4-14(11)20)13-7-8-15(19-18-13)17-12-5-6-12/h1-4,7-8,12H,5-6,9-10H2,(H,17,19). The quantitative estimate of drug-likeness (QED) is 0.937. The Morgan fingerprint density at radius 3 is 2.76 bits per heavy atom. The molecule has 1 saturated carbocycles. The number of aromatic nitrogens is 2. The SMILES string of the molecule is O=C(c1ccc(NC2CC2)nn1)N1CCc2ccccc21. The van der Waals surface area contributed by atoms with E-state index in [-0.39, 0.29) is 5.91 Å². The van der Waals surface area contributed by atoms with Gasteiger partial charge in [-0.05, 0) is 43.0 Å². The zero-order valence-electron chi connectivity index (χ0n) is 11.6. The third-order valence-electron chi connectivity index (χ3n) is 3.95. The molecule has 1 fully saturated rings. The number of nitrogens with zero attached hydrogens (tertiary/aromatic N) is 3. The van der Waals surface area contributed by atoms with Crippen LogP contribution in [-0.4, -0.2) is 28.7 Å². The highest BCUT2D eigenvalue weighted by Gasteiger charge is 2.26. The third-order valence-corrected chi connectivity index (χ3v) is 3.95. The number of para-hydroxylation sites is 1. The fraction of sp³-hybridized carbons (Fsp3) is 0.312. The molecule has 0 unspecified atom stereocenters. The Bertz CT molecular complexity index is 679. The topological polar surface area (TPSA) is 58.1 Å². The van der Waals surface area contributed by atoms with Crippen molar-refractivity contribution in [1.82, 2.24) is 10.2 Å². The first kappa shape index (κ1) is 12.3. The molecule has 2 aromatic rings. The van der Waals surface area contributed by atoms with Crippen molar-refractivity contribution in [2.75, 3.05) is 16.8 Å². The lowest BCUT2D eigenvalue weighted by Gasteiger charge is -2.16. The van der Waals surface area contributed by atoms with E-state index in [1.165, 1.54) is 18.4 Å². The van der Waals surface area contributed by atoms with Crippen LogP contribution in [0.15, 0.2) is 36.4 Å². The van der Waals surface area contributed by atoms with Crippen LogP contribution in [0.5, 0.6) is 0 Å². The normalized spacial score (nSPS) is 16.7. The maximum Gasteiger partial charge on any atom is 0.278 e. The molecule has 2 heterocycles. The maximum absolute atomic E-state index is 12.6. The van der Waals surface area contributed by atoms with Crippen molar-refractivity contribution >= 4 is 17.4 Å². The van der Waals surface area contributed by atoms with Crippen LogP contribution in [-0.2, 0) is 6.42 Å². The van der Waals surface area contributed by atoms with E-state index >= 15 is 0 Å². The Kier molecular flexibility index (Phi) is 2.84. The molecule has 21 heavy (non-hydrogen) atoms. The van der Waals surface area contributed by atoms with Gasteiger partial charge in [0.1, 0.15) is 5.82 Å². The molecule has 0 saturated heterocycles. The second-order valence-corrected chi connectivity index (χ2v) is 5.56. The van der Waals surface area contributed by atoms with Gasteiger partial charge in [0, 0.05) is 18.3 Å². The molecule has 106 valence electrons. The Hall–Kier alpha value is -2.43. The summed E-state index contributed by atoms with van der Waals surface area (Å²) in [4.78, 5) is 14.3. The summed E-state index contributed by atoms with van der Waals surface area (Å²) in [6.07, 6.45) is 3.27. The van der Waals surface area contributed by atoms with Crippen molar-refractivity contribution in [2.24, 2.45) is 0 Å². The Labute approximate surface area is 123 Å². The van der Waals surface area contributed by atoms with Gasteiger partial charge in [-0.2, -0.15) is 0 Å². The summed E-state index contributed by atoms with van der Waals surface area (Å²) >= 11 is 0. The van der Waals surface area contributed by atoms with Crippen LogP contribution in [0.1, 0.15) is 28.9 Å².